The number of nitrogens with one attached hydrogen (secondary N) is 1. The van der Waals surface area contributed by atoms with E-state index in [-0.39, 0.29) is 17.5 Å². The number of aromatic nitrogens is 1. The van der Waals surface area contributed by atoms with Crippen molar-refractivity contribution in [1.82, 2.24) is 10.3 Å². The summed E-state index contributed by atoms with van der Waals surface area (Å²) in [4.78, 5) is 4.21. The molecule has 5 nitrogen and oxygen atoms in total. The number of hydrogen-bond acceptors (Lipinski definition) is 5. The fraction of sp³-hybridized carbons (Fsp3) is 0.278. The number of ether oxygens (including phenoxy) is 3. The number of rotatable bonds is 6. The molecular formula is C18H18F2N2O3. The van der Waals surface area contributed by atoms with E-state index >= 15 is 0 Å². The fourth-order valence-corrected chi connectivity index (χ4v) is 2.31. The van der Waals surface area contributed by atoms with Gasteiger partial charge in [0.15, 0.2) is 11.5 Å². The lowest BCUT2D eigenvalue weighted by Gasteiger charge is -2.07. The predicted octanol–water partition coefficient (Wildman–Crippen LogP) is 4.21. The van der Waals surface area contributed by atoms with Crippen molar-refractivity contribution in [2.45, 2.75) is 26.2 Å². The molecule has 1 aliphatic rings. The molecule has 1 N–H and O–H groups in total. The normalized spacial score (nSPS) is 16.2. The minimum atomic E-state index is -3.64. The van der Waals surface area contributed by atoms with Crippen LogP contribution in [0.3, 0.4) is 0 Å². The molecule has 2 heterocycles. The van der Waals surface area contributed by atoms with E-state index < -0.39 is 6.29 Å². The van der Waals surface area contributed by atoms with E-state index in [1.165, 1.54) is 18.2 Å². The second kappa shape index (κ2) is 7.06. The van der Waals surface area contributed by atoms with Crippen molar-refractivity contribution in [1.29, 1.82) is 0 Å². The fourth-order valence-electron chi connectivity index (χ4n) is 2.31. The Morgan fingerprint density at radius 3 is 2.76 bits per heavy atom. The number of hydrogen-bond donors (Lipinski definition) is 1. The molecule has 2 aromatic rings. The highest BCUT2D eigenvalue weighted by molar-refractivity contribution is 5.50. The molecule has 0 radical (unpaired) electrons. The molecule has 0 aliphatic carbocycles. The van der Waals surface area contributed by atoms with Gasteiger partial charge in [0, 0.05) is 24.4 Å². The molecule has 1 aromatic carbocycles. The predicted molar refractivity (Wildman–Crippen MR) is 89.1 cm³/mol. The van der Waals surface area contributed by atoms with Gasteiger partial charge in [-0.05, 0) is 37.2 Å². The van der Waals surface area contributed by atoms with Gasteiger partial charge in [-0.1, -0.05) is 19.1 Å². The summed E-state index contributed by atoms with van der Waals surface area (Å²) in [7, 11) is 0. The number of fused-ring (bicyclic) bond motifs is 1. The quantitative estimate of drug-likeness (QED) is 0.848. The number of pyridine rings is 1. The van der Waals surface area contributed by atoms with E-state index in [1.807, 2.05) is 18.2 Å². The van der Waals surface area contributed by atoms with E-state index in [1.54, 1.807) is 12.3 Å². The van der Waals surface area contributed by atoms with E-state index in [0.717, 1.165) is 12.1 Å². The van der Waals surface area contributed by atoms with Crippen molar-refractivity contribution in [2.24, 2.45) is 0 Å². The number of likely N-dealkylation sites (N-methyl/N-ethyl adjacent to an activating group) is 1. The average Bonchev–Trinajstić information content (AvgIpc) is 2.87. The Balaban J connectivity index is 1.65. The first-order chi connectivity index (χ1) is 11.9. The van der Waals surface area contributed by atoms with Crippen LogP contribution in [-0.2, 0) is 0 Å². The molecular weight excluding hydrogens is 330 g/mol. The Labute approximate surface area is 144 Å². The third kappa shape index (κ3) is 4.45. The molecule has 132 valence electrons. The van der Waals surface area contributed by atoms with E-state index in [4.69, 9.17) is 4.74 Å². The summed E-state index contributed by atoms with van der Waals surface area (Å²) in [5.41, 5.74) is 0.933. The molecule has 0 saturated heterocycles. The summed E-state index contributed by atoms with van der Waals surface area (Å²) in [6.07, 6.45) is 2.04. The Morgan fingerprint density at radius 2 is 2.04 bits per heavy atom. The highest BCUT2D eigenvalue weighted by atomic mass is 19.3. The topological polar surface area (TPSA) is 52.6 Å². The molecule has 0 bridgehead atoms. The zero-order chi connectivity index (χ0) is 17.9. The summed E-state index contributed by atoms with van der Waals surface area (Å²) in [5, 5.41) is 3.28. The number of nitrogens with zero attached hydrogens (tertiary/aromatic N) is 1. The first-order valence-electron chi connectivity index (χ1n) is 7.90. The molecule has 0 amide bonds. The molecule has 7 heteroatoms. The van der Waals surface area contributed by atoms with Crippen LogP contribution in [0, 0.1) is 0 Å². The van der Waals surface area contributed by atoms with Crippen molar-refractivity contribution >= 4 is 6.08 Å². The van der Waals surface area contributed by atoms with Crippen LogP contribution in [0.2, 0.25) is 0 Å². The summed E-state index contributed by atoms with van der Waals surface area (Å²) < 4.78 is 40.3. The van der Waals surface area contributed by atoms with Gasteiger partial charge in [-0.2, -0.15) is 0 Å². The van der Waals surface area contributed by atoms with Crippen LogP contribution in [-0.4, -0.2) is 23.9 Å². The third-order valence-corrected chi connectivity index (χ3v) is 3.46. The van der Waals surface area contributed by atoms with Crippen LogP contribution < -0.4 is 19.5 Å². The Bertz CT molecular complexity index is 763. The number of benzene rings is 1. The largest absolute Gasteiger partial charge is 0.586 e. The smallest absolute Gasteiger partial charge is 0.439 e. The Morgan fingerprint density at radius 1 is 1.24 bits per heavy atom. The Hall–Kier alpha value is -2.67. The molecule has 1 aliphatic heterocycles. The average molecular weight is 348 g/mol. The van der Waals surface area contributed by atoms with Crippen LogP contribution in [0.5, 0.6) is 23.1 Å². The molecule has 25 heavy (non-hydrogen) atoms. The molecule has 0 fully saturated rings. The minimum Gasteiger partial charge on any atom is -0.439 e. The summed E-state index contributed by atoms with van der Waals surface area (Å²) in [5.74, 6) is 0.583. The molecule has 3 rings (SSSR count). The second-order valence-corrected chi connectivity index (χ2v) is 5.51. The standard InChI is InChI=1S/C18H18F2N2O3/c1-3-21-12(2)4-5-13-6-9-17(22-11-13)23-14-7-8-15-16(10-14)25-18(19,20)24-15/h4-12,21H,3H2,1-2H3/b5-4+/t12-/m0/s1. The van der Waals surface area contributed by atoms with E-state index in [2.05, 4.69) is 33.6 Å². The lowest BCUT2D eigenvalue weighted by molar-refractivity contribution is -0.286. The second-order valence-electron chi connectivity index (χ2n) is 5.51. The highest BCUT2D eigenvalue weighted by Crippen LogP contribution is 2.43. The van der Waals surface area contributed by atoms with Crippen LogP contribution in [0.15, 0.2) is 42.6 Å². The van der Waals surface area contributed by atoms with Gasteiger partial charge in [0.1, 0.15) is 5.75 Å². The lowest BCUT2D eigenvalue weighted by atomic mass is 10.2. The van der Waals surface area contributed by atoms with E-state index in [0.29, 0.717) is 11.6 Å². The van der Waals surface area contributed by atoms with Gasteiger partial charge >= 0.3 is 6.29 Å². The monoisotopic (exact) mass is 348 g/mol. The van der Waals surface area contributed by atoms with Crippen LogP contribution in [0.4, 0.5) is 8.78 Å². The van der Waals surface area contributed by atoms with Gasteiger partial charge in [-0.15, -0.1) is 8.78 Å². The van der Waals surface area contributed by atoms with E-state index in [9.17, 15) is 8.78 Å². The van der Waals surface area contributed by atoms with Crippen molar-refractivity contribution in [2.75, 3.05) is 6.54 Å². The van der Waals surface area contributed by atoms with Gasteiger partial charge in [0.25, 0.3) is 0 Å². The maximum Gasteiger partial charge on any atom is 0.586 e. The molecule has 1 aromatic heterocycles. The third-order valence-electron chi connectivity index (χ3n) is 3.46. The zero-order valence-corrected chi connectivity index (χ0v) is 13.8. The lowest BCUT2D eigenvalue weighted by Crippen LogP contribution is -2.25. The van der Waals surface area contributed by atoms with Crippen molar-refractivity contribution in [3.05, 3.63) is 48.2 Å². The van der Waals surface area contributed by atoms with Gasteiger partial charge in [-0.3, -0.25) is 0 Å². The Kier molecular flexibility index (Phi) is 4.85. The van der Waals surface area contributed by atoms with Gasteiger partial charge in [0.2, 0.25) is 5.88 Å². The van der Waals surface area contributed by atoms with Gasteiger partial charge < -0.3 is 19.5 Å². The SMILES string of the molecule is CCN[C@@H](C)/C=C/c1ccc(Oc2ccc3c(c2)OC(F)(F)O3)nc1. The maximum atomic E-state index is 13.0. The molecule has 1 atom stereocenters. The van der Waals surface area contributed by atoms with Crippen LogP contribution in [0.1, 0.15) is 19.4 Å². The first kappa shape index (κ1) is 17.2. The first-order valence-corrected chi connectivity index (χ1v) is 7.90. The number of halogens is 2. The molecule has 0 unspecified atom stereocenters. The molecule has 0 saturated carbocycles. The summed E-state index contributed by atoms with van der Waals surface area (Å²) >= 11 is 0. The van der Waals surface area contributed by atoms with Crippen LogP contribution in [0.25, 0.3) is 6.08 Å². The number of alkyl halides is 2. The molecule has 0 spiro atoms. The van der Waals surface area contributed by atoms with Gasteiger partial charge in [0.05, 0.1) is 0 Å². The van der Waals surface area contributed by atoms with Gasteiger partial charge in [-0.25, -0.2) is 4.98 Å². The minimum absolute atomic E-state index is 0.0272. The van der Waals surface area contributed by atoms with Crippen molar-refractivity contribution < 1.29 is 23.0 Å². The van der Waals surface area contributed by atoms with Crippen LogP contribution >= 0.6 is 0 Å². The highest BCUT2D eigenvalue weighted by Gasteiger charge is 2.43. The summed E-state index contributed by atoms with van der Waals surface area (Å²) in [6.45, 7) is 5.02. The van der Waals surface area contributed by atoms with Crippen molar-refractivity contribution in [3.8, 4) is 23.1 Å². The maximum absolute atomic E-state index is 13.0. The van der Waals surface area contributed by atoms with Crippen molar-refractivity contribution in [3.63, 3.8) is 0 Å². The summed E-state index contributed by atoms with van der Waals surface area (Å²) in [6, 6.07) is 8.05. The zero-order valence-electron chi connectivity index (χ0n) is 13.8.